The lowest BCUT2D eigenvalue weighted by molar-refractivity contribution is -0.141. The van der Waals surface area contributed by atoms with Gasteiger partial charge in [0.2, 0.25) is 0 Å². The Kier molecular flexibility index (Phi) is 5.36. The fourth-order valence-electron chi connectivity index (χ4n) is 3.98. The second kappa shape index (κ2) is 7.89. The molecule has 2 aromatic heterocycles. The molecule has 1 aliphatic rings. The molecule has 0 saturated carbocycles. The maximum atomic E-state index is 13.6. The Morgan fingerprint density at radius 3 is 2.34 bits per heavy atom. The summed E-state index contributed by atoms with van der Waals surface area (Å²) in [5.74, 6) is 0.0418. The van der Waals surface area contributed by atoms with Gasteiger partial charge in [0.1, 0.15) is 22.9 Å². The maximum Gasteiger partial charge on any atom is 0.433 e. The molecule has 5 nitrogen and oxygen atoms in total. The molecule has 0 fully saturated rings. The second-order valence-electron chi connectivity index (χ2n) is 7.57. The lowest BCUT2D eigenvalue weighted by Crippen LogP contribution is -2.48. The molecular formula is C23H20F4N4O. The Morgan fingerprint density at radius 1 is 1.06 bits per heavy atom. The normalized spacial score (nSPS) is 20.7. The first-order valence-corrected chi connectivity index (χ1v) is 10.0. The molecule has 1 aliphatic heterocycles. The van der Waals surface area contributed by atoms with Gasteiger partial charge in [0.25, 0.3) is 5.56 Å². The molecule has 3 aromatic rings. The number of pyridine rings is 2. The van der Waals surface area contributed by atoms with E-state index in [2.05, 4.69) is 10.3 Å². The van der Waals surface area contributed by atoms with Crippen molar-refractivity contribution in [3.8, 4) is 0 Å². The van der Waals surface area contributed by atoms with Gasteiger partial charge in [-0.25, -0.2) is 4.39 Å². The minimum atomic E-state index is -4.56. The summed E-state index contributed by atoms with van der Waals surface area (Å²) in [5.41, 5.74) is -0.505. The van der Waals surface area contributed by atoms with Crippen molar-refractivity contribution >= 4 is 5.84 Å². The highest BCUT2D eigenvalue weighted by molar-refractivity contribution is 6.01. The van der Waals surface area contributed by atoms with Gasteiger partial charge in [-0.1, -0.05) is 18.2 Å². The zero-order valence-electron chi connectivity index (χ0n) is 17.3. The van der Waals surface area contributed by atoms with Crippen LogP contribution in [0.5, 0.6) is 0 Å². The number of hydrogen-bond acceptors (Lipinski definition) is 4. The van der Waals surface area contributed by atoms with Gasteiger partial charge in [-0.2, -0.15) is 13.2 Å². The minimum Gasteiger partial charge on any atom is -0.354 e. The smallest absolute Gasteiger partial charge is 0.354 e. The molecule has 32 heavy (non-hydrogen) atoms. The summed E-state index contributed by atoms with van der Waals surface area (Å²) in [6.45, 7) is 4.13. The van der Waals surface area contributed by atoms with Crippen molar-refractivity contribution in [3.05, 3.63) is 99.5 Å². The molecular weight excluding hydrogens is 424 g/mol. The summed E-state index contributed by atoms with van der Waals surface area (Å²) in [4.78, 5) is 20.3. The molecule has 166 valence electrons. The fraction of sp³-hybridized carbons (Fsp3) is 0.261. The summed E-state index contributed by atoms with van der Waals surface area (Å²) in [5, 5.41) is 3.34. The molecule has 0 bridgehead atoms. The average Bonchev–Trinajstić information content (AvgIpc) is 3.12. The first kappa shape index (κ1) is 21.7. The van der Waals surface area contributed by atoms with E-state index in [1.54, 1.807) is 24.4 Å². The molecule has 1 N–H and O–H groups in total. The van der Waals surface area contributed by atoms with Crippen LogP contribution in [-0.2, 0) is 18.3 Å². The van der Waals surface area contributed by atoms with E-state index in [0.717, 1.165) is 6.07 Å². The quantitative estimate of drug-likeness (QED) is 0.617. The van der Waals surface area contributed by atoms with E-state index in [4.69, 9.17) is 4.99 Å². The van der Waals surface area contributed by atoms with Crippen molar-refractivity contribution in [2.45, 2.75) is 38.1 Å². The summed E-state index contributed by atoms with van der Waals surface area (Å²) in [7, 11) is 0. The summed E-state index contributed by atoms with van der Waals surface area (Å²) >= 11 is 0. The van der Waals surface area contributed by atoms with Crippen LogP contribution in [0.25, 0.3) is 0 Å². The molecule has 1 unspecified atom stereocenters. The van der Waals surface area contributed by atoms with E-state index in [-0.39, 0.29) is 5.56 Å². The SMILES string of the molecule is CCn1cc(C2=N[C@@H](C)C(c3ccc(F)cc3)(c3ccc(C(F)(F)F)nc3)N2)ccc1=O. The van der Waals surface area contributed by atoms with Gasteiger partial charge in [0.05, 0.1) is 6.04 Å². The number of rotatable bonds is 4. The van der Waals surface area contributed by atoms with Gasteiger partial charge in [-0.05, 0) is 43.7 Å². The summed E-state index contributed by atoms with van der Waals surface area (Å²) in [6, 6.07) is 10.6. The Balaban J connectivity index is 1.83. The largest absolute Gasteiger partial charge is 0.433 e. The maximum absolute atomic E-state index is 13.6. The number of hydrogen-bond donors (Lipinski definition) is 1. The molecule has 3 heterocycles. The van der Waals surface area contributed by atoms with Gasteiger partial charge in [-0.3, -0.25) is 14.8 Å². The predicted octanol–water partition coefficient (Wildman–Crippen LogP) is 4.10. The summed E-state index contributed by atoms with van der Waals surface area (Å²) < 4.78 is 54.3. The number of amidine groups is 1. The lowest BCUT2D eigenvalue weighted by Gasteiger charge is -2.35. The first-order chi connectivity index (χ1) is 15.1. The number of aryl methyl sites for hydroxylation is 1. The number of aliphatic imine (C=N–C) groups is 1. The third-order valence-electron chi connectivity index (χ3n) is 5.67. The number of halogens is 4. The second-order valence-corrected chi connectivity index (χ2v) is 7.57. The van der Waals surface area contributed by atoms with Gasteiger partial charge >= 0.3 is 6.18 Å². The van der Waals surface area contributed by atoms with Gasteiger partial charge in [-0.15, -0.1) is 0 Å². The molecule has 1 aromatic carbocycles. The Hall–Kier alpha value is -3.49. The molecule has 0 radical (unpaired) electrons. The zero-order chi connectivity index (χ0) is 23.1. The number of benzene rings is 1. The van der Waals surface area contributed by atoms with Crippen LogP contribution in [0.1, 0.15) is 36.2 Å². The molecule has 9 heteroatoms. The highest BCUT2D eigenvalue weighted by Crippen LogP contribution is 2.39. The Labute approximate surface area is 181 Å². The Morgan fingerprint density at radius 2 is 1.75 bits per heavy atom. The highest BCUT2D eigenvalue weighted by atomic mass is 19.4. The van der Waals surface area contributed by atoms with E-state index in [1.165, 1.54) is 35.0 Å². The third-order valence-corrected chi connectivity index (χ3v) is 5.67. The van der Waals surface area contributed by atoms with Crippen molar-refractivity contribution < 1.29 is 17.6 Å². The Bertz CT molecular complexity index is 1220. The number of alkyl halides is 3. The van der Waals surface area contributed by atoms with Crippen LogP contribution in [0.3, 0.4) is 0 Å². The molecule has 0 spiro atoms. The van der Waals surface area contributed by atoms with Crippen molar-refractivity contribution in [2.75, 3.05) is 0 Å². The van der Waals surface area contributed by atoms with Crippen LogP contribution in [-0.4, -0.2) is 21.4 Å². The van der Waals surface area contributed by atoms with Crippen LogP contribution in [0.15, 0.2) is 70.7 Å². The van der Waals surface area contributed by atoms with Crippen LogP contribution >= 0.6 is 0 Å². The fourth-order valence-corrected chi connectivity index (χ4v) is 3.98. The number of aromatic nitrogens is 2. The van der Waals surface area contributed by atoms with Crippen molar-refractivity contribution in [1.29, 1.82) is 0 Å². The van der Waals surface area contributed by atoms with E-state index < -0.39 is 29.3 Å². The third kappa shape index (κ3) is 3.68. The summed E-state index contributed by atoms with van der Waals surface area (Å²) in [6.07, 6.45) is -1.72. The van der Waals surface area contributed by atoms with Crippen molar-refractivity contribution in [2.24, 2.45) is 4.99 Å². The van der Waals surface area contributed by atoms with Crippen LogP contribution in [0.4, 0.5) is 17.6 Å². The molecule has 0 amide bonds. The first-order valence-electron chi connectivity index (χ1n) is 10.0. The number of nitrogens with zero attached hydrogens (tertiary/aromatic N) is 3. The monoisotopic (exact) mass is 444 g/mol. The van der Waals surface area contributed by atoms with E-state index in [9.17, 15) is 22.4 Å². The molecule has 2 atom stereocenters. The van der Waals surface area contributed by atoms with Crippen molar-refractivity contribution in [3.63, 3.8) is 0 Å². The average molecular weight is 444 g/mol. The standard InChI is InChI=1S/C23H20F4N4O/c1-3-31-13-15(4-11-20(31)32)21-29-14(2)22(30-21,16-5-8-18(24)9-6-16)17-7-10-19(28-12-17)23(25,26)27/h4-14H,3H2,1-2H3,(H,29,30)/t14-,22?/m0/s1. The predicted molar refractivity (Wildman–Crippen MR) is 112 cm³/mol. The topological polar surface area (TPSA) is 59.3 Å². The van der Waals surface area contributed by atoms with Gasteiger partial charge in [0, 0.05) is 36.1 Å². The zero-order valence-corrected chi connectivity index (χ0v) is 17.3. The van der Waals surface area contributed by atoms with Gasteiger partial charge in [0.15, 0.2) is 0 Å². The lowest BCUT2D eigenvalue weighted by atomic mass is 9.79. The van der Waals surface area contributed by atoms with E-state index in [0.29, 0.717) is 29.1 Å². The van der Waals surface area contributed by atoms with Gasteiger partial charge < -0.3 is 9.88 Å². The number of nitrogens with one attached hydrogen (secondary N) is 1. The molecule has 0 saturated heterocycles. The van der Waals surface area contributed by atoms with Crippen LogP contribution < -0.4 is 10.9 Å². The molecule has 4 rings (SSSR count). The van der Waals surface area contributed by atoms with E-state index in [1.807, 2.05) is 13.8 Å². The van der Waals surface area contributed by atoms with E-state index >= 15 is 0 Å². The molecule has 0 aliphatic carbocycles. The minimum absolute atomic E-state index is 0.153. The van der Waals surface area contributed by atoms with Crippen LogP contribution in [0, 0.1) is 5.82 Å². The highest BCUT2D eigenvalue weighted by Gasteiger charge is 2.46. The van der Waals surface area contributed by atoms with Crippen LogP contribution in [0.2, 0.25) is 0 Å². The van der Waals surface area contributed by atoms with Crippen molar-refractivity contribution in [1.82, 2.24) is 14.9 Å².